The quantitative estimate of drug-likeness (QED) is 0.766. The van der Waals surface area contributed by atoms with E-state index >= 15 is 0 Å². The molecule has 2 aliphatic heterocycles. The molecule has 1 aromatic rings. The molecule has 1 amide bonds. The molecule has 0 spiro atoms. The van der Waals surface area contributed by atoms with Gasteiger partial charge in [0.2, 0.25) is 11.8 Å². The van der Waals surface area contributed by atoms with Crippen LogP contribution in [0, 0.1) is 31.6 Å². The number of nitrogens with zero attached hydrogens (tertiary/aromatic N) is 2. The van der Waals surface area contributed by atoms with Crippen molar-refractivity contribution in [3.05, 3.63) is 17.3 Å². The molecule has 3 rings (SSSR count). The van der Waals surface area contributed by atoms with Gasteiger partial charge in [-0.1, -0.05) is 6.92 Å². The summed E-state index contributed by atoms with van der Waals surface area (Å²) in [6.45, 7) is 12.1. The number of piperidine rings is 2. The van der Waals surface area contributed by atoms with Crippen molar-refractivity contribution in [2.45, 2.75) is 59.4 Å². The van der Waals surface area contributed by atoms with E-state index in [1.54, 1.807) is 0 Å². The maximum Gasteiger partial charge on any atom is 0.220 e. The highest BCUT2D eigenvalue weighted by atomic mass is 16.4. The molecule has 6 nitrogen and oxygen atoms in total. The van der Waals surface area contributed by atoms with Crippen LogP contribution in [-0.4, -0.2) is 48.5 Å². The molecule has 6 heteroatoms. The SMILES string of the molecule is Cc1nc(CN2CCC(CNC(=O)CC(C)C3CCNCC3)CC2)oc1C. The van der Waals surface area contributed by atoms with Crippen molar-refractivity contribution in [3.8, 4) is 0 Å². The third-order valence-corrected chi connectivity index (χ3v) is 6.42. The maximum absolute atomic E-state index is 12.3. The van der Waals surface area contributed by atoms with E-state index in [1.807, 2.05) is 13.8 Å². The van der Waals surface area contributed by atoms with Gasteiger partial charge in [0.15, 0.2) is 0 Å². The van der Waals surface area contributed by atoms with E-state index in [-0.39, 0.29) is 5.91 Å². The van der Waals surface area contributed by atoms with Crippen LogP contribution >= 0.6 is 0 Å². The lowest BCUT2D eigenvalue weighted by molar-refractivity contribution is -0.122. The highest BCUT2D eigenvalue weighted by molar-refractivity contribution is 5.76. The molecule has 0 aliphatic carbocycles. The van der Waals surface area contributed by atoms with Gasteiger partial charge in [0.25, 0.3) is 0 Å². The van der Waals surface area contributed by atoms with Gasteiger partial charge in [-0.25, -0.2) is 4.98 Å². The van der Waals surface area contributed by atoms with Gasteiger partial charge in [-0.3, -0.25) is 9.69 Å². The lowest BCUT2D eigenvalue weighted by Gasteiger charge is -2.31. The molecule has 0 saturated carbocycles. The number of rotatable bonds is 7. The van der Waals surface area contributed by atoms with E-state index in [9.17, 15) is 4.79 Å². The van der Waals surface area contributed by atoms with Gasteiger partial charge in [-0.2, -0.15) is 0 Å². The van der Waals surface area contributed by atoms with E-state index in [2.05, 4.69) is 27.4 Å². The Hall–Kier alpha value is -1.40. The van der Waals surface area contributed by atoms with Crippen LogP contribution in [0.25, 0.3) is 0 Å². The highest BCUT2D eigenvalue weighted by Gasteiger charge is 2.24. The number of oxazole rings is 1. The van der Waals surface area contributed by atoms with Gasteiger partial charge in [-0.15, -0.1) is 0 Å². The van der Waals surface area contributed by atoms with Crippen molar-refractivity contribution in [1.82, 2.24) is 20.5 Å². The Morgan fingerprint density at radius 3 is 2.59 bits per heavy atom. The first-order chi connectivity index (χ1) is 13.0. The summed E-state index contributed by atoms with van der Waals surface area (Å²) >= 11 is 0. The number of carbonyl (C=O) groups excluding carboxylic acids is 1. The number of aromatic nitrogens is 1. The van der Waals surface area contributed by atoms with E-state index < -0.39 is 0 Å². The Kier molecular flexibility index (Phi) is 7.30. The first-order valence-electron chi connectivity index (χ1n) is 10.6. The number of amides is 1. The van der Waals surface area contributed by atoms with E-state index in [0.29, 0.717) is 24.2 Å². The Morgan fingerprint density at radius 1 is 1.26 bits per heavy atom. The van der Waals surface area contributed by atoms with Crippen LogP contribution < -0.4 is 10.6 Å². The second kappa shape index (κ2) is 9.69. The number of carbonyl (C=O) groups is 1. The molecule has 3 heterocycles. The normalized spacial score (nSPS) is 21.3. The number of aryl methyl sites for hydroxylation is 2. The maximum atomic E-state index is 12.3. The molecule has 2 saturated heterocycles. The van der Waals surface area contributed by atoms with Crippen LogP contribution in [0.2, 0.25) is 0 Å². The summed E-state index contributed by atoms with van der Waals surface area (Å²) in [5.74, 6) is 3.75. The second-order valence-corrected chi connectivity index (χ2v) is 8.54. The molecule has 2 fully saturated rings. The van der Waals surface area contributed by atoms with Crippen LogP contribution in [0.5, 0.6) is 0 Å². The van der Waals surface area contributed by atoms with E-state index in [1.165, 1.54) is 12.8 Å². The van der Waals surface area contributed by atoms with Gasteiger partial charge in [0.1, 0.15) is 5.76 Å². The second-order valence-electron chi connectivity index (χ2n) is 8.54. The lowest BCUT2D eigenvalue weighted by atomic mass is 9.84. The average Bonchev–Trinajstić information content (AvgIpc) is 2.99. The predicted octanol–water partition coefficient (Wildman–Crippen LogP) is 2.65. The average molecular weight is 377 g/mol. The molecule has 1 unspecified atom stereocenters. The zero-order valence-corrected chi connectivity index (χ0v) is 17.2. The minimum absolute atomic E-state index is 0.231. The van der Waals surface area contributed by atoms with Gasteiger partial charge in [-0.05, 0) is 83.5 Å². The van der Waals surface area contributed by atoms with Crippen LogP contribution in [-0.2, 0) is 11.3 Å². The zero-order valence-electron chi connectivity index (χ0n) is 17.2. The molecule has 1 atom stereocenters. The smallest absolute Gasteiger partial charge is 0.220 e. The van der Waals surface area contributed by atoms with Crippen molar-refractivity contribution in [2.24, 2.45) is 17.8 Å². The van der Waals surface area contributed by atoms with Crippen molar-refractivity contribution in [2.75, 3.05) is 32.7 Å². The summed E-state index contributed by atoms with van der Waals surface area (Å²) in [5, 5.41) is 6.59. The monoisotopic (exact) mass is 376 g/mol. The predicted molar refractivity (Wildman–Crippen MR) is 106 cm³/mol. The Balaban J connectivity index is 1.32. The first-order valence-corrected chi connectivity index (χ1v) is 10.6. The third kappa shape index (κ3) is 6.04. The molecule has 0 aromatic carbocycles. The van der Waals surface area contributed by atoms with Crippen LogP contribution in [0.1, 0.15) is 56.4 Å². The van der Waals surface area contributed by atoms with Crippen molar-refractivity contribution < 1.29 is 9.21 Å². The summed E-state index contributed by atoms with van der Waals surface area (Å²) in [7, 11) is 0. The topological polar surface area (TPSA) is 70.4 Å². The molecular formula is C21H36N4O2. The molecule has 0 radical (unpaired) electrons. The molecule has 27 heavy (non-hydrogen) atoms. The van der Waals surface area contributed by atoms with Gasteiger partial charge >= 0.3 is 0 Å². The Bertz CT molecular complexity index is 582. The van der Waals surface area contributed by atoms with Gasteiger partial charge < -0.3 is 15.1 Å². The zero-order chi connectivity index (χ0) is 19.2. The van der Waals surface area contributed by atoms with Crippen LogP contribution in [0.3, 0.4) is 0 Å². The van der Waals surface area contributed by atoms with Crippen LogP contribution in [0.15, 0.2) is 4.42 Å². The number of nitrogens with one attached hydrogen (secondary N) is 2. The fraction of sp³-hybridized carbons (Fsp3) is 0.810. The molecule has 0 bridgehead atoms. The minimum Gasteiger partial charge on any atom is -0.444 e. The van der Waals surface area contributed by atoms with E-state index in [0.717, 1.165) is 69.5 Å². The highest BCUT2D eigenvalue weighted by Crippen LogP contribution is 2.24. The lowest BCUT2D eigenvalue weighted by Crippen LogP contribution is -2.39. The number of hydrogen-bond acceptors (Lipinski definition) is 5. The Morgan fingerprint density at radius 2 is 1.96 bits per heavy atom. The molecule has 152 valence electrons. The summed E-state index contributed by atoms with van der Waals surface area (Å²) in [6.07, 6.45) is 5.34. The minimum atomic E-state index is 0.231. The standard InChI is InChI=1S/C21H36N4O2/c1-15(19-4-8-22-9-5-19)12-20(26)23-13-18-6-10-25(11-7-18)14-21-24-16(2)17(3)27-21/h15,18-19,22H,4-14H2,1-3H3,(H,23,26). The number of likely N-dealkylation sites (tertiary alicyclic amines) is 1. The molecule has 2 N–H and O–H groups in total. The molecule has 2 aliphatic rings. The van der Waals surface area contributed by atoms with Crippen molar-refractivity contribution in [3.63, 3.8) is 0 Å². The molecule has 1 aromatic heterocycles. The summed E-state index contributed by atoms with van der Waals surface area (Å²) < 4.78 is 5.70. The Labute approximate surface area is 163 Å². The molecular weight excluding hydrogens is 340 g/mol. The summed E-state index contributed by atoms with van der Waals surface area (Å²) in [6, 6.07) is 0. The first kappa shape index (κ1) is 20.3. The van der Waals surface area contributed by atoms with Crippen LogP contribution in [0.4, 0.5) is 0 Å². The summed E-state index contributed by atoms with van der Waals surface area (Å²) in [5.41, 5.74) is 0.987. The third-order valence-electron chi connectivity index (χ3n) is 6.42. The van der Waals surface area contributed by atoms with Gasteiger partial charge in [0.05, 0.1) is 12.2 Å². The van der Waals surface area contributed by atoms with E-state index in [4.69, 9.17) is 4.42 Å². The van der Waals surface area contributed by atoms with Gasteiger partial charge in [0, 0.05) is 13.0 Å². The summed E-state index contributed by atoms with van der Waals surface area (Å²) in [4.78, 5) is 19.2. The number of hydrogen-bond donors (Lipinski definition) is 2. The largest absolute Gasteiger partial charge is 0.444 e. The fourth-order valence-corrected chi connectivity index (χ4v) is 4.35. The fourth-order valence-electron chi connectivity index (χ4n) is 4.35. The van der Waals surface area contributed by atoms with Crippen molar-refractivity contribution in [1.29, 1.82) is 0 Å². The van der Waals surface area contributed by atoms with Crippen molar-refractivity contribution >= 4 is 5.91 Å².